The number of ether oxygens (including phenoxy) is 1. The lowest BCUT2D eigenvalue weighted by Crippen LogP contribution is -2.44. The van der Waals surface area contributed by atoms with E-state index in [2.05, 4.69) is 28.1 Å². The molecular formula is C11H18N5O14P3. The van der Waals surface area contributed by atoms with Crippen molar-refractivity contribution in [2.75, 3.05) is 12.3 Å². The van der Waals surface area contributed by atoms with Crippen molar-refractivity contribution in [2.24, 2.45) is 0 Å². The van der Waals surface area contributed by atoms with E-state index in [0.717, 1.165) is 17.8 Å². The first-order valence-corrected chi connectivity index (χ1v) is 13.0. The maximum absolute atomic E-state index is 11.9. The number of imidazole rings is 1. The fourth-order valence-electron chi connectivity index (χ4n) is 2.92. The van der Waals surface area contributed by atoms with Gasteiger partial charge >= 0.3 is 23.5 Å². The number of nitrogens with one attached hydrogen (secondary N) is 1. The molecule has 1 saturated heterocycles. The summed E-state index contributed by atoms with van der Waals surface area (Å²) < 4.78 is 52.3. The first-order chi connectivity index (χ1) is 14.9. The molecule has 2 aromatic rings. The van der Waals surface area contributed by atoms with Gasteiger partial charge in [0.2, 0.25) is 5.95 Å². The van der Waals surface area contributed by atoms with E-state index in [1.165, 1.54) is 0 Å². The van der Waals surface area contributed by atoms with Crippen LogP contribution in [-0.4, -0.2) is 73.7 Å². The predicted molar refractivity (Wildman–Crippen MR) is 103 cm³/mol. The van der Waals surface area contributed by atoms with Gasteiger partial charge in [0.15, 0.2) is 17.4 Å². The molecule has 19 nitrogen and oxygen atoms in total. The Balaban J connectivity index is 1.79. The zero-order chi connectivity index (χ0) is 25.0. The van der Waals surface area contributed by atoms with Crippen molar-refractivity contribution in [1.82, 2.24) is 19.5 Å². The average molecular weight is 537 g/mol. The highest BCUT2D eigenvalue weighted by molar-refractivity contribution is 7.66. The van der Waals surface area contributed by atoms with E-state index in [9.17, 15) is 38.5 Å². The summed E-state index contributed by atoms with van der Waals surface area (Å²) in [7, 11) is -16.9. The van der Waals surface area contributed by atoms with Crippen molar-refractivity contribution in [3.8, 4) is 0 Å². The van der Waals surface area contributed by atoms with Gasteiger partial charge < -0.3 is 40.3 Å². The van der Waals surface area contributed by atoms with Gasteiger partial charge in [0, 0.05) is 0 Å². The van der Waals surface area contributed by atoms with Crippen molar-refractivity contribution in [3.05, 3.63) is 16.7 Å². The second-order valence-corrected chi connectivity index (χ2v) is 11.3. The molecule has 0 amide bonds. The molecule has 22 heteroatoms. The summed E-state index contributed by atoms with van der Waals surface area (Å²) in [4.78, 5) is 57.7. The number of phosphoric ester groups is 1. The molecule has 0 saturated carbocycles. The minimum Gasteiger partial charge on any atom is -0.387 e. The van der Waals surface area contributed by atoms with Gasteiger partial charge in [-0.1, -0.05) is 0 Å². The molecule has 0 aromatic carbocycles. The van der Waals surface area contributed by atoms with E-state index in [0.29, 0.717) is 0 Å². The van der Waals surface area contributed by atoms with Crippen LogP contribution in [0.4, 0.5) is 5.95 Å². The number of aliphatic hydroxyl groups excluding tert-OH is 2. The number of rotatable bonds is 8. The van der Waals surface area contributed by atoms with Crippen molar-refractivity contribution >= 4 is 40.6 Å². The van der Waals surface area contributed by atoms with E-state index in [1.54, 1.807) is 0 Å². The summed E-state index contributed by atoms with van der Waals surface area (Å²) in [5, 5.41) is 20.8. The highest BCUT2D eigenvalue weighted by Crippen LogP contribution is 2.66. The second-order valence-electron chi connectivity index (χ2n) is 6.90. The number of fused-ring (bicyclic) bond motifs is 1. The number of aliphatic hydroxyl groups is 2. The van der Waals surface area contributed by atoms with Crippen molar-refractivity contribution in [2.45, 2.75) is 31.0 Å². The molecule has 2 aromatic heterocycles. The largest absolute Gasteiger partial charge is 0.490 e. The standard InChI is InChI=1S/C11H18N5O14P3/c1-11(2-27-32(23,24)30-33(25,26)29-31(20,21)22)6(18)5(17)9(28-11)16-3-13-4-7(16)14-10(12)15-8(4)19/h3,5-6,9,17-18H,2H2,1H3,(H,23,24)(H,25,26)(H2,20,21,22)(H3,12,14,15,19)/t5?,6-,9-,11-/m1/s1. The molecule has 3 rings (SSSR count). The molecule has 6 atom stereocenters. The normalized spacial score (nSPS) is 29.7. The predicted octanol–water partition coefficient (Wildman–Crippen LogP) is -1.95. The van der Waals surface area contributed by atoms with Crippen LogP contribution in [0.2, 0.25) is 0 Å². The first-order valence-electron chi connectivity index (χ1n) is 8.48. The summed E-state index contributed by atoms with van der Waals surface area (Å²) in [6.45, 7) is 0.0769. The number of nitrogen functional groups attached to an aromatic ring is 1. The number of nitrogens with zero attached hydrogens (tertiary/aromatic N) is 3. The van der Waals surface area contributed by atoms with E-state index in [-0.39, 0.29) is 17.1 Å². The molecule has 3 heterocycles. The summed E-state index contributed by atoms with van der Waals surface area (Å²) in [6, 6.07) is 0. The third-order valence-corrected chi connectivity index (χ3v) is 8.07. The maximum atomic E-state index is 11.9. The number of H-pyrrole nitrogens is 1. The van der Waals surface area contributed by atoms with E-state index < -0.39 is 59.7 Å². The van der Waals surface area contributed by atoms with E-state index in [1.807, 2.05) is 0 Å². The van der Waals surface area contributed by atoms with Crippen LogP contribution in [0.15, 0.2) is 11.1 Å². The minimum absolute atomic E-state index is 0.121. The summed E-state index contributed by atoms with van der Waals surface area (Å²) >= 11 is 0. The molecule has 0 bridgehead atoms. The number of hydrogen-bond acceptors (Lipinski definition) is 13. The number of phosphoric acid groups is 3. The van der Waals surface area contributed by atoms with Crippen LogP contribution in [0.1, 0.15) is 13.2 Å². The lowest BCUT2D eigenvalue weighted by atomic mass is 9.99. The SMILES string of the molecule is C[C@]1(COP(=O)(O)OP(=O)(O)OP(=O)(O)O)O[C@@H](n2cnc3c(=O)[nH]c(N)nc32)C(O)[C@H]1O. The Hall–Kier alpha value is -1.56. The zero-order valence-corrected chi connectivity index (χ0v) is 18.9. The van der Waals surface area contributed by atoms with Crippen molar-refractivity contribution in [1.29, 1.82) is 0 Å². The minimum atomic E-state index is -5.75. The van der Waals surface area contributed by atoms with Crippen molar-refractivity contribution in [3.63, 3.8) is 0 Å². The number of nitrogens with two attached hydrogens (primary N) is 1. The Bertz CT molecular complexity index is 1260. The molecule has 1 aliphatic rings. The van der Waals surface area contributed by atoms with Gasteiger partial charge in [-0.05, 0) is 6.92 Å². The van der Waals surface area contributed by atoms with Crippen LogP contribution >= 0.6 is 23.5 Å². The number of aromatic amines is 1. The fourth-order valence-corrected chi connectivity index (χ4v) is 6.03. The highest BCUT2D eigenvalue weighted by Gasteiger charge is 2.54. The molecule has 1 fully saturated rings. The van der Waals surface area contributed by atoms with E-state index in [4.69, 9.17) is 20.3 Å². The van der Waals surface area contributed by atoms with Crippen LogP contribution in [0, 0.1) is 0 Å². The number of hydrogen-bond donors (Lipinski definition) is 8. The molecule has 0 spiro atoms. The Morgan fingerprint density at radius 2 is 1.85 bits per heavy atom. The molecule has 9 N–H and O–H groups in total. The number of aromatic nitrogens is 4. The third kappa shape index (κ3) is 5.75. The van der Waals surface area contributed by atoms with E-state index >= 15 is 0 Å². The average Bonchev–Trinajstić information content (AvgIpc) is 3.12. The van der Waals surface area contributed by atoms with Crippen LogP contribution in [-0.2, 0) is 31.6 Å². The van der Waals surface area contributed by atoms with Gasteiger partial charge in [-0.15, -0.1) is 0 Å². The van der Waals surface area contributed by atoms with Crippen LogP contribution < -0.4 is 11.3 Å². The molecule has 186 valence electrons. The molecular weight excluding hydrogens is 519 g/mol. The highest BCUT2D eigenvalue weighted by atomic mass is 31.3. The zero-order valence-electron chi connectivity index (χ0n) is 16.2. The molecule has 33 heavy (non-hydrogen) atoms. The molecule has 1 aliphatic heterocycles. The van der Waals surface area contributed by atoms with Crippen molar-refractivity contribution < 1.29 is 61.4 Å². The monoisotopic (exact) mass is 537 g/mol. The Kier molecular flexibility index (Phi) is 6.78. The van der Waals surface area contributed by atoms with Gasteiger partial charge in [-0.2, -0.15) is 13.6 Å². The Morgan fingerprint density at radius 1 is 1.21 bits per heavy atom. The third-order valence-electron chi connectivity index (χ3n) is 4.29. The molecule has 0 radical (unpaired) electrons. The van der Waals surface area contributed by atoms with Gasteiger partial charge in [0.1, 0.15) is 17.8 Å². The van der Waals surface area contributed by atoms with Crippen LogP contribution in [0.5, 0.6) is 0 Å². The lowest BCUT2D eigenvalue weighted by Gasteiger charge is -2.28. The second kappa shape index (κ2) is 8.58. The fraction of sp³-hybridized carbons (Fsp3) is 0.545. The Labute approximate surface area is 182 Å². The van der Waals surface area contributed by atoms with Gasteiger partial charge in [0.25, 0.3) is 5.56 Å². The molecule has 3 unspecified atom stereocenters. The summed E-state index contributed by atoms with van der Waals surface area (Å²) in [6.07, 6.45) is -3.92. The summed E-state index contributed by atoms with van der Waals surface area (Å²) in [5.41, 5.74) is 2.55. The smallest absolute Gasteiger partial charge is 0.387 e. The number of anilines is 1. The quantitative estimate of drug-likeness (QED) is 0.170. The first kappa shape index (κ1) is 26.1. The van der Waals surface area contributed by atoms with Crippen LogP contribution in [0.3, 0.4) is 0 Å². The van der Waals surface area contributed by atoms with Gasteiger partial charge in [-0.3, -0.25) is 18.9 Å². The Morgan fingerprint density at radius 3 is 2.45 bits per heavy atom. The maximum Gasteiger partial charge on any atom is 0.490 e. The molecule has 0 aliphatic carbocycles. The van der Waals surface area contributed by atoms with Crippen LogP contribution in [0.25, 0.3) is 11.2 Å². The summed E-state index contributed by atoms with van der Waals surface area (Å²) in [5.74, 6) is -0.280. The topological polar surface area (TPSA) is 299 Å². The van der Waals surface area contributed by atoms with Gasteiger partial charge in [0.05, 0.1) is 12.9 Å². The van der Waals surface area contributed by atoms with Gasteiger partial charge in [-0.25, -0.2) is 18.7 Å². The lowest BCUT2D eigenvalue weighted by molar-refractivity contribution is -0.113.